The number of thiophene rings is 1. The van der Waals surface area contributed by atoms with Crippen molar-refractivity contribution in [3.63, 3.8) is 0 Å². The summed E-state index contributed by atoms with van der Waals surface area (Å²) in [4.78, 5) is 17.5. The summed E-state index contributed by atoms with van der Waals surface area (Å²) >= 11 is 4.91. The van der Waals surface area contributed by atoms with Crippen LogP contribution in [-0.2, 0) is 0 Å². The van der Waals surface area contributed by atoms with Gasteiger partial charge in [-0.15, -0.1) is 11.3 Å². The molecule has 0 bridgehead atoms. The number of rotatable bonds is 2. The first-order valence-corrected chi connectivity index (χ1v) is 7.60. The largest absolute Gasteiger partial charge is 0.282 e. The lowest BCUT2D eigenvalue weighted by atomic mass is 10.2. The minimum absolute atomic E-state index is 0.142. The molecule has 0 aliphatic rings. The molecule has 20 heavy (non-hydrogen) atoms. The number of nitrogens with zero attached hydrogens (tertiary/aromatic N) is 3. The molecule has 3 aromatic rings. The van der Waals surface area contributed by atoms with Gasteiger partial charge >= 0.3 is 0 Å². The summed E-state index contributed by atoms with van der Waals surface area (Å²) in [6, 6.07) is 9.47. The predicted molar refractivity (Wildman–Crippen MR) is 85.8 cm³/mol. The van der Waals surface area contributed by atoms with Crippen LogP contribution < -0.4 is 5.56 Å². The van der Waals surface area contributed by atoms with Gasteiger partial charge in [0.15, 0.2) is 0 Å². The number of hydrogen-bond donors (Lipinski definition) is 0. The van der Waals surface area contributed by atoms with Crippen molar-refractivity contribution in [2.45, 2.75) is 6.92 Å². The molecular weight excluding hydrogens is 338 g/mol. The molecule has 0 spiro atoms. The maximum atomic E-state index is 12.3. The molecule has 0 fully saturated rings. The fourth-order valence-corrected chi connectivity index (χ4v) is 3.03. The van der Waals surface area contributed by atoms with Gasteiger partial charge in [0, 0.05) is 10.0 Å². The Morgan fingerprint density at radius 2 is 2.15 bits per heavy atom. The number of aromatic nitrogens is 2. The molecule has 4 nitrogen and oxygen atoms in total. The summed E-state index contributed by atoms with van der Waals surface area (Å²) in [5, 5.41) is 6.72. The van der Waals surface area contributed by atoms with Crippen LogP contribution in [-0.4, -0.2) is 15.9 Å². The van der Waals surface area contributed by atoms with E-state index in [-0.39, 0.29) is 5.56 Å². The van der Waals surface area contributed by atoms with E-state index in [1.54, 1.807) is 19.2 Å². The summed E-state index contributed by atoms with van der Waals surface area (Å²) in [5.74, 6) is 0.577. The van der Waals surface area contributed by atoms with Gasteiger partial charge in [0.2, 0.25) is 0 Å². The molecule has 2 aromatic heterocycles. The van der Waals surface area contributed by atoms with Gasteiger partial charge in [0.1, 0.15) is 10.7 Å². The molecule has 0 saturated heterocycles. The lowest BCUT2D eigenvalue weighted by molar-refractivity contribution is 0.772. The zero-order chi connectivity index (χ0) is 14.1. The minimum Gasteiger partial charge on any atom is -0.267 e. The minimum atomic E-state index is -0.142. The van der Waals surface area contributed by atoms with Crippen molar-refractivity contribution in [1.82, 2.24) is 9.66 Å². The van der Waals surface area contributed by atoms with Crippen LogP contribution >= 0.6 is 27.3 Å². The predicted octanol–water partition coefficient (Wildman–Crippen LogP) is 3.41. The van der Waals surface area contributed by atoms with Gasteiger partial charge in [-0.3, -0.25) is 4.79 Å². The Kier molecular flexibility index (Phi) is 3.50. The van der Waals surface area contributed by atoms with E-state index in [2.05, 4.69) is 26.0 Å². The Morgan fingerprint density at radius 1 is 1.35 bits per heavy atom. The normalized spacial score (nSPS) is 11.5. The Labute approximate surface area is 127 Å². The average molecular weight is 348 g/mol. The standard InChI is InChI=1S/C14H10BrN3OS/c1-9-17-13-11(6-7-20-13)14(19)18(9)16-8-10-4-2-3-5-12(10)15/h2-8H,1H3/b16-8-. The van der Waals surface area contributed by atoms with E-state index in [1.165, 1.54) is 16.0 Å². The Balaban J connectivity index is 2.11. The van der Waals surface area contributed by atoms with Crippen LogP contribution in [0, 0.1) is 6.92 Å². The maximum absolute atomic E-state index is 12.3. The third kappa shape index (κ3) is 2.32. The molecule has 3 rings (SSSR count). The van der Waals surface area contributed by atoms with Crippen molar-refractivity contribution in [3.05, 3.63) is 61.9 Å². The highest BCUT2D eigenvalue weighted by Crippen LogP contribution is 2.16. The van der Waals surface area contributed by atoms with Crippen LogP contribution in [0.3, 0.4) is 0 Å². The SMILES string of the molecule is Cc1nc2sccc2c(=O)n1/N=C\c1ccccc1Br. The van der Waals surface area contributed by atoms with Crippen molar-refractivity contribution in [1.29, 1.82) is 0 Å². The van der Waals surface area contributed by atoms with Crippen LogP contribution in [0.5, 0.6) is 0 Å². The lowest BCUT2D eigenvalue weighted by Crippen LogP contribution is -2.19. The van der Waals surface area contributed by atoms with Gasteiger partial charge < -0.3 is 0 Å². The molecule has 0 unspecified atom stereocenters. The van der Waals surface area contributed by atoms with E-state index in [4.69, 9.17) is 0 Å². The van der Waals surface area contributed by atoms with E-state index in [1.807, 2.05) is 29.6 Å². The summed E-state index contributed by atoms with van der Waals surface area (Å²) in [7, 11) is 0. The van der Waals surface area contributed by atoms with E-state index in [9.17, 15) is 4.79 Å². The van der Waals surface area contributed by atoms with Gasteiger partial charge in [-0.2, -0.15) is 9.78 Å². The van der Waals surface area contributed by atoms with Crippen LogP contribution in [0.4, 0.5) is 0 Å². The van der Waals surface area contributed by atoms with Gasteiger partial charge in [-0.1, -0.05) is 34.1 Å². The van der Waals surface area contributed by atoms with E-state index in [0.717, 1.165) is 14.9 Å². The third-order valence-corrected chi connectivity index (χ3v) is 4.38. The quantitative estimate of drug-likeness (QED) is 0.667. The monoisotopic (exact) mass is 347 g/mol. The first-order valence-electron chi connectivity index (χ1n) is 5.92. The molecule has 0 saturated carbocycles. The van der Waals surface area contributed by atoms with Gasteiger partial charge in [0.05, 0.1) is 11.6 Å². The van der Waals surface area contributed by atoms with Crippen molar-refractivity contribution in [2.24, 2.45) is 5.10 Å². The Hall–Kier alpha value is -1.79. The van der Waals surface area contributed by atoms with Crippen LogP contribution in [0.1, 0.15) is 11.4 Å². The zero-order valence-electron chi connectivity index (χ0n) is 10.6. The van der Waals surface area contributed by atoms with Crippen LogP contribution in [0.2, 0.25) is 0 Å². The highest BCUT2D eigenvalue weighted by atomic mass is 79.9. The smallest absolute Gasteiger partial charge is 0.267 e. The number of benzene rings is 1. The highest BCUT2D eigenvalue weighted by Gasteiger charge is 2.07. The molecule has 100 valence electrons. The number of hydrogen-bond acceptors (Lipinski definition) is 4. The summed E-state index contributed by atoms with van der Waals surface area (Å²) in [6.07, 6.45) is 1.65. The first kappa shape index (κ1) is 13.2. The van der Waals surface area contributed by atoms with Crippen molar-refractivity contribution in [3.8, 4) is 0 Å². The third-order valence-electron chi connectivity index (χ3n) is 2.85. The van der Waals surface area contributed by atoms with Crippen molar-refractivity contribution in [2.75, 3.05) is 0 Å². The van der Waals surface area contributed by atoms with Crippen LogP contribution in [0.15, 0.2) is 50.1 Å². The molecule has 0 atom stereocenters. The lowest BCUT2D eigenvalue weighted by Gasteiger charge is -2.03. The van der Waals surface area contributed by atoms with Gasteiger partial charge in [-0.25, -0.2) is 4.98 Å². The number of fused-ring (bicyclic) bond motifs is 1. The fourth-order valence-electron chi connectivity index (χ4n) is 1.84. The summed E-state index contributed by atoms with van der Waals surface area (Å²) in [5.41, 5.74) is 0.765. The second kappa shape index (κ2) is 5.30. The molecule has 1 aromatic carbocycles. The molecule has 0 aliphatic carbocycles. The topological polar surface area (TPSA) is 47.2 Å². The fraction of sp³-hybridized carbons (Fsp3) is 0.0714. The first-order chi connectivity index (χ1) is 9.66. The maximum Gasteiger partial charge on any atom is 0.282 e. The van der Waals surface area contributed by atoms with Crippen molar-refractivity contribution >= 4 is 43.7 Å². The van der Waals surface area contributed by atoms with Crippen LogP contribution in [0.25, 0.3) is 10.2 Å². The Bertz CT molecular complexity index is 866. The van der Waals surface area contributed by atoms with E-state index < -0.39 is 0 Å². The zero-order valence-corrected chi connectivity index (χ0v) is 13.0. The molecule has 2 heterocycles. The summed E-state index contributed by atoms with van der Waals surface area (Å²) in [6.45, 7) is 1.78. The molecule has 6 heteroatoms. The van der Waals surface area contributed by atoms with Crippen molar-refractivity contribution < 1.29 is 0 Å². The molecule has 0 aliphatic heterocycles. The molecule has 0 amide bonds. The second-order valence-electron chi connectivity index (χ2n) is 4.18. The molecular formula is C14H10BrN3OS. The molecule has 0 radical (unpaired) electrons. The van der Waals surface area contributed by atoms with E-state index >= 15 is 0 Å². The average Bonchev–Trinajstić information content (AvgIpc) is 2.88. The summed E-state index contributed by atoms with van der Waals surface area (Å²) < 4.78 is 2.26. The molecule has 0 N–H and O–H groups in total. The van der Waals surface area contributed by atoms with Gasteiger partial charge in [-0.05, 0) is 24.4 Å². The highest BCUT2D eigenvalue weighted by molar-refractivity contribution is 9.10. The second-order valence-corrected chi connectivity index (χ2v) is 5.93. The Morgan fingerprint density at radius 3 is 2.95 bits per heavy atom. The number of aryl methyl sites for hydroxylation is 1. The van der Waals surface area contributed by atoms with Gasteiger partial charge in [0.25, 0.3) is 5.56 Å². The number of halogens is 1. The van der Waals surface area contributed by atoms with E-state index in [0.29, 0.717) is 11.2 Å².